The normalized spacial score (nSPS) is 11.3. The van der Waals surface area contributed by atoms with Crippen molar-refractivity contribution in [2.45, 2.75) is 142 Å². The molecule has 0 spiro atoms. The van der Waals surface area contributed by atoms with Crippen LogP contribution < -0.4 is 42.0 Å². The van der Waals surface area contributed by atoms with E-state index < -0.39 is 10.4 Å². The van der Waals surface area contributed by atoms with Crippen LogP contribution in [0.1, 0.15) is 142 Å². The van der Waals surface area contributed by atoms with Gasteiger partial charge in [-0.25, -0.2) is 8.42 Å². The van der Waals surface area contributed by atoms with E-state index in [0.717, 1.165) is 17.3 Å². The van der Waals surface area contributed by atoms with Crippen LogP contribution in [0.25, 0.3) is 0 Å². The van der Waals surface area contributed by atoms with Gasteiger partial charge in [-0.05, 0) is 19.3 Å². The minimum atomic E-state index is -4.48. The molecule has 0 radical (unpaired) electrons. The Balaban J connectivity index is -0.000000260. The molecular formula is C27H59ClNNaO4S. The zero-order valence-corrected chi connectivity index (χ0v) is 28.0. The fourth-order valence-electron chi connectivity index (χ4n) is 3.82. The van der Waals surface area contributed by atoms with E-state index >= 15 is 0 Å². The van der Waals surface area contributed by atoms with Crippen molar-refractivity contribution in [1.82, 2.24) is 0 Å². The topological polar surface area (TPSA) is 66.4 Å². The van der Waals surface area contributed by atoms with Gasteiger partial charge in [0.15, 0.2) is 0 Å². The summed E-state index contributed by atoms with van der Waals surface area (Å²) >= 11 is 0. The molecule has 0 aliphatic carbocycles. The number of hydrogen-bond donors (Lipinski definition) is 0. The Morgan fingerprint density at radius 2 is 0.857 bits per heavy atom. The summed E-state index contributed by atoms with van der Waals surface area (Å²) in [5, 5.41) is 0. The zero-order valence-electron chi connectivity index (χ0n) is 24.4. The molecule has 0 saturated heterocycles. The number of nitrogens with zero attached hydrogens (tertiary/aromatic N) is 1. The largest absolute Gasteiger partial charge is 1.00 e. The predicted octanol–water partition coefficient (Wildman–Crippen LogP) is 2.01. The van der Waals surface area contributed by atoms with Crippen molar-refractivity contribution in [3.05, 3.63) is 0 Å². The molecule has 0 N–H and O–H groups in total. The Hall–Kier alpha value is 1.12. The van der Waals surface area contributed by atoms with Gasteiger partial charge in [-0.2, -0.15) is 0 Å². The Bertz CT molecular complexity index is 488. The molecule has 0 rings (SSSR count). The smallest absolute Gasteiger partial charge is 1.00 e. The van der Waals surface area contributed by atoms with E-state index in [1.54, 1.807) is 0 Å². The van der Waals surface area contributed by atoms with Gasteiger partial charge in [0.25, 0.3) is 0 Å². The van der Waals surface area contributed by atoms with Crippen molar-refractivity contribution in [3.63, 3.8) is 0 Å². The maximum atomic E-state index is 10.1. The molecule has 0 amide bonds. The van der Waals surface area contributed by atoms with Crippen LogP contribution in [0.15, 0.2) is 0 Å². The van der Waals surface area contributed by atoms with Crippen molar-refractivity contribution >= 4 is 10.4 Å². The van der Waals surface area contributed by atoms with Gasteiger partial charge in [-0.1, -0.05) is 123 Å². The van der Waals surface area contributed by atoms with Crippen LogP contribution in [0.5, 0.6) is 0 Å². The second-order valence-corrected chi connectivity index (χ2v) is 11.7. The molecule has 0 aromatic heterocycles. The fraction of sp³-hybridized carbons (Fsp3) is 1.00. The van der Waals surface area contributed by atoms with Gasteiger partial charge < -0.3 is 21.4 Å². The van der Waals surface area contributed by atoms with E-state index in [1.807, 2.05) is 0 Å². The first-order valence-electron chi connectivity index (χ1n) is 14.0. The van der Waals surface area contributed by atoms with Gasteiger partial charge in [0, 0.05) is 0 Å². The molecule has 8 heteroatoms. The molecule has 0 atom stereocenters. The van der Waals surface area contributed by atoms with Crippen LogP contribution in [0.4, 0.5) is 0 Å². The first-order valence-corrected chi connectivity index (χ1v) is 15.4. The third-order valence-corrected chi connectivity index (χ3v) is 6.36. The molecule has 0 saturated carbocycles. The number of halogens is 1. The quantitative estimate of drug-likeness (QED) is 0.0640. The summed E-state index contributed by atoms with van der Waals surface area (Å²) in [6, 6.07) is 0. The van der Waals surface area contributed by atoms with E-state index in [-0.39, 0.29) is 48.6 Å². The molecule has 0 aromatic carbocycles. The second kappa shape index (κ2) is 31.3. The number of quaternary nitrogens is 1. The Kier molecular flexibility index (Phi) is 38.7. The summed E-state index contributed by atoms with van der Waals surface area (Å²) < 4.78 is 35.6. The van der Waals surface area contributed by atoms with Crippen molar-refractivity contribution in [2.75, 3.05) is 34.3 Å². The molecule has 0 aliphatic heterocycles. The average Bonchev–Trinajstić information content (AvgIpc) is 2.72. The minimum Gasteiger partial charge on any atom is -1.00 e. The third kappa shape index (κ3) is 48.7. The molecule has 35 heavy (non-hydrogen) atoms. The first-order chi connectivity index (χ1) is 15.6. The summed E-state index contributed by atoms with van der Waals surface area (Å²) in [6.07, 6.45) is 26.1. The SMILES string of the molecule is CCCCCCCCCCCCOS(=O)(=O)[O-].CCCCCCCCCCCC[N+](C)(C)C.[Cl-].[Na+]. The van der Waals surface area contributed by atoms with Gasteiger partial charge in [0.1, 0.15) is 0 Å². The van der Waals surface area contributed by atoms with Gasteiger partial charge in [0.05, 0.1) is 34.3 Å². The number of rotatable bonds is 23. The summed E-state index contributed by atoms with van der Waals surface area (Å²) in [6.45, 7) is 5.86. The van der Waals surface area contributed by atoms with Gasteiger partial charge >= 0.3 is 29.6 Å². The molecule has 5 nitrogen and oxygen atoms in total. The first kappa shape index (κ1) is 43.2. The van der Waals surface area contributed by atoms with E-state index in [9.17, 15) is 13.0 Å². The van der Waals surface area contributed by atoms with E-state index in [2.05, 4.69) is 39.2 Å². The second-order valence-electron chi connectivity index (χ2n) is 10.6. The number of hydrogen-bond acceptors (Lipinski definition) is 4. The van der Waals surface area contributed by atoms with Crippen molar-refractivity contribution in [1.29, 1.82) is 0 Å². The third-order valence-electron chi connectivity index (χ3n) is 5.91. The molecule has 210 valence electrons. The molecule has 0 aliphatic rings. The monoisotopic (exact) mass is 551 g/mol. The Morgan fingerprint density at radius 3 is 1.14 bits per heavy atom. The molecule has 0 aromatic rings. The standard InChI is InChI=1S/C15H34N.C12H26O4S.ClH.Na/c1-5-6-7-8-9-10-11-12-13-14-15-16(2,3)4;1-2-3-4-5-6-7-8-9-10-11-12-16-17(13,14)15;;/h5-15H2,1-4H3;2-12H2,1H3,(H,13,14,15);1H;/q+1;;;+1/p-2. The summed E-state index contributed by atoms with van der Waals surface area (Å²) in [5.41, 5.74) is 0. The molecule has 0 fully saturated rings. The van der Waals surface area contributed by atoms with E-state index in [4.69, 9.17) is 0 Å². The van der Waals surface area contributed by atoms with Crippen LogP contribution in [-0.4, -0.2) is 51.7 Å². The molecule has 0 heterocycles. The fourth-order valence-corrected chi connectivity index (χ4v) is 4.15. The zero-order chi connectivity index (χ0) is 25.3. The van der Waals surface area contributed by atoms with Gasteiger partial charge in [0.2, 0.25) is 10.4 Å². The molecule has 0 bridgehead atoms. The van der Waals surface area contributed by atoms with Gasteiger partial charge in [-0.3, -0.25) is 4.18 Å². The predicted molar refractivity (Wildman–Crippen MR) is 142 cm³/mol. The Morgan fingerprint density at radius 1 is 0.571 bits per heavy atom. The average molecular weight is 552 g/mol. The maximum Gasteiger partial charge on any atom is 1.00 e. The van der Waals surface area contributed by atoms with E-state index in [1.165, 1.54) is 116 Å². The van der Waals surface area contributed by atoms with Crippen LogP contribution in [0, 0.1) is 0 Å². The van der Waals surface area contributed by atoms with Crippen LogP contribution in [0.3, 0.4) is 0 Å². The summed E-state index contributed by atoms with van der Waals surface area (Å²) in [4.78, 5) is 0. The number of unbranched alkanes of at least 4 members (excludes halogenated alkanes) is 18. The molecule has 0 unspecified atom stereocenters. The van der Waals surface area contributed by atoms with Crippen LogP contribution in [-0.2, 0) is 14.6 Å². The van der Waals surface area contributed by atoms with E-state index in [0.29, 0.717) is 6.42 Å². The van der Waals surface area contributed by atoms with Gasteiger partial charge in [-0.15, -0.1) is 0 Å². The molecular weight excluding hydrogens is 493 g/mol. The van der Waals surface area contributed by atoms with Crippen molar-refractivity contribution < 1.29 is 63.6 Å². The minimum absolute atomic E-state index is 0. The van der Waals surface area contributed by atoms with Crippen LogP contribution in [0.2, 0.25) is 0 Å². The summed E-state index contributed by atoms with van der Waals surface area (Å²) in [5.74, 6) is 0. The maximum absolute atomic E-state index is 10.1. The summed E-state index contributed by atoms with van der Waals surface area (Å²) in [7, 11) is 2.37. The Labute approximate surface area is 249 Å². The van der Waals surface area contributed by atoms with Crippen molar-refractivity contribution in [2.24, 2.45) is 0 Å². The van der Waals surface area contributed by atoms with Crippen LogP contribution >= 0.6 is 0 Å². The van der Waals surface area contributed by atoms with Crippen molar-refractivity contribution in [3.8, 4) is 0 Å².